The standard InChI is InChI=1S/C14H20N2O2/c1-3-10-9-16(8-7-15)12-6-4-5-11(13(10)12)14(17)18-2/h4-6,10H,3,7-9,15H2,1-2H3. The maximum Gasteiger partial charge on any atom is 0.338 e. The van der Waals surface area contributed by atoms with Crippen LogP contribution in [0.25, 0.3) is 0 Å². The highest BCUT2D eigenvalue weighted by molar-refractivity contribution is 5.94. The molecule has 1 aromatic carbocycles. The Labute approximate surface area is 108 Å². The molecule has 0 radical (unpaired) electrons. The minimum Gasteiger partial charge on any atom is -0.465 e. The van der Waals surface area contributed by atoms with Gasteiger partial charge >= 0.3 is 5.97 Å². The lowest BCUT2D eigenvalue weighted by Crippen LogP contribution is -2.28. The van der Waals surface area contributed by atoms with Crippen LogP contribution in [-0.4, -0.2) is 32.7 Å². The maximum absolute atomic E-state index is 11.8. The molecule has 2 N–H and O–H groups in total. The molecular weight excluding hydrogens is 228 g/mol. The predicted molar refractivity (Wildman–Crippen MR) is 72.1 cm³/mol. The van der Waals surface area contributed by atoms with Gasteiger partial charge in [-0.2, -0.15) is 0 Å². The van der Waals surface area contributed by atoms with Crippen molar-refractivity contribution in [3.05, 3.63) is 29.3 Å². The molecule has 0 saturated heterocycles. The fourth-order valence-electron chi connectivity index (χ4n) is 2.70. The molecule has 2 rings (SSSR count). The predicted octanol–water partition coefficient (Wildman–Crippen LogP) is 1.75. The maximum atomic E-state index is 11.8. The number of rotatable bonds is 4. The van der Waals surface area contributed by atoms with Crippen molar-refractivity contribution in [1.82, 2.24) is 0 Å². The van der Waals surface area contributed by atoms with Crippen LogP contribution < -0.4 is 10.6 Å². The molecule has 0 bridgehead atoms. The van der Waals surface area contributed by atoms with Crippen molar-refractivity contribution in [1.29, 1.82) is 0 Å². The fourth-order valence-corrected chi connectivity index (χ4v) is 2.70. The molecule has 1 aliphatic rings. The Morgan fingerprint density at radius 1 is 1.56 bits per heavy atom. The van der Waals surface area contributed by atoms with Crippen molar-refractivity contribution >= 4 is 11.7 Å². The summed E-state index contributed by atoms with van der Waals surface area (Å²) in [5, 5.41) is 0. The van der Waals surface area contributed by atoms with Crippen LogP contribution in [0.5, 0.6) is 0 Å². The van der Waals surface area contributed by atoms with Crippen LogP contribution in [0.2, 0.25) is 0 Å². The summed E-state index contributed by atoms with van der Waals surface area (Å²) in [6.45, 7) is 4.54. The highest BCUT2D eigenvalue weighted by atomic mass is 16.5. The zero-order valence-corrected chi connectivity index (χ0v) is 11.0. The van der Waals surface area contributed by atoms with Gasteiger partial charge in [0.05, 0.1) is 12.7 Å². The minimum atomic E-state index is -0.250. The molecule has 1 heterocycles. The second-order valence-corrected chi connectivity index (χ2v) is 4.57. The number of nitrogens with two attached hydrogens (primary N) is 1. The molecule has 4 nitrogen and oxygen atoms in total. The summed E-state index contributed by atoms with van der Waals surface area (Å²) in [7, 11) is 1.43. The van der Waals surface area contributed by atoms with E-state index in [2.05, 4.69) is 17.9 Å². The quantitative estimate of drug-likeness (QED) is 0.825. The topological polar surface area (TPSA) is 55.6 Å². The van der Waals surface area contributed by atoms with Gasteiger partial charge in [0.2, 0.25) is 0 Å². The third kappa shape index (κ3) is 2.08. The normalized spacial score (nSPS) is 17.7. The number of fused-ring (bicyclic) bond motifs is 1. The molecule has 1 unspecified atom stereocenters. The number of ether oxygens (including phenoxy) is 1. The van der Waals surface area contributed by atoms with E-state index in [9.17, 15) is 4.79 Å². The van der Waals surface area contributed by atoms with Crippen molar-refractivity contribution in [2.75, 3.05) is 31.6 Å². The number of carbonyl (C=O) groups excluding carboxylic acids is 1. The smallest absolute Gasteiger partial charge is 0.338 e. The molecule has 0 fully saturated rings. The first-order valence-corrected chi connectivity index (χ1v) is 6.39. The van der Waals surface area contributed by atoms with Gasteiger partial charge in [-0.05, 0) is 24.1 Å². The van der Waals surface area contributed by atoms with E-state index >= 15 is 0 Å². The fraction of sp³-hybridized carbons (Fsp3) is 0.500. The van der Waals surface area contributed by atoms with Crippen molar-refractivity contribution in [2.24, 2.45) is 5.73 Å². The van der Waals surface area contributed by atoms with Gasteiger partial charge in [-0.1, -0.05) is 13.0 Å². The number of hydrogen-bond donors (Lipinski definition) is 1. The third-order valence-corrected chi connectivity index (χ3v) is 3.57. The molecule has 1 aromatic rings. The minimum absolute atomic E-state index is 0.250. The van der Waals surface area contributed by atoms with Gasteiger partial charge in [0.15, 0.2) is 0 Å². The largest absolute Gasteiger partial charge is 0.465 e. The molecule has 18 heavy (non-hydrogen) atoms. The second kappa shape index (κ2) is 5.40. The SMILES string of the molecule is CCC1CN(CCN)c2cccc(C(=O)OC)c21. The van der Waals surface area contributed by atoms with Crippen molar-refractivity contribution in [2.45, 2.75) is 19.3 Å². The van der Waals surface area contributed by atoms with Crippen LogP contribution in [0.15, 0.2) is 18.2 Å². The average molecular weight is 248 g/mol. The van der Waals surface area contributed by atoms with Crippen LogP contribution in [-0.2, 0) is 4.74 Å². The zero-order valence-electron chi connectivity index (χ0n) is 11.0. The summed E-state index contributed by atoms with van der Waals surface area (Å²) < 4.78 is 4.87. The first-order chi connectivity index (χ1) is 8.72. The monoisotopic (exact) mass is 248 g/mol. The Bertz CT molecular complexity index is 445. The van der Waals surface area contributed by atoms with Gasteiger partial charge in [-0.25, -0.2) is 4.79 Å². The summed E-state index contributed by atoms with van der Waals surface area (Å²) in [5.41, 5.74) is 8.60. The van der Waals surface area contributed by atoms with E-state index in [1.807, 2.05) is 12.1 Å². The summed E-state index contributed by atoms with van der Waals surface area (Å²) in [5.74, 6) is 0.141. The van der Waals surface area contributed by atoms with Gasteiger partial charge in [0, 0.05) is 31.2 Å². The van der Waals surface area contributed by atoms with E-state index in [1.165, 1.54) is 7.11 Å². The van der Waals surface area contributed by atoms with Gasteiger partial charge in [-0.15, -0.1) is 0 Å². The lowest BCUT2D eigenvalue weighted by molar-refractivity contribution is 0.0599. The molecular formula is C14H20N2O2. The summed E-state index contributed by atoms with van der Waals surface area (Å²) in [6, 6.07) is 5.82. The Morgan fingerprint density at radius 2 is 2.33 bits per heavy atom. The van der Waals surface area contributed by atoms with E-state index in [0.717, 1.165) is 30.8 Å². The second-order valence-electron chi connectivity index (χ2n) is 4.57. The lowest BCUT2D eigenvalue weighted by atomic mass is 9.94. The molecule has 0 aromatic heterocycles. The first kappa shape index (κ1) is 12.9. The average Bonchev–Trinajstić information content (AvgIpc) is 2.76. The molecule has 4 heteroatoms. The highest BCUT2D eigenvalue weighted by Gasteiger charge is 2.31. The van der Waals surface area contributed by atoms with Gasteiger partial charge in [0.1, 0.15) is 0 Å². The molecule has 98 valence electrons. The molecule has 0 spiro atoms. The first-order valence-electron chi connectivity index (χ1n) is 6.39. The lowest BCUT2D eigenvalue weighted by Gasteiger charge is -2.18. The van der Waals surface area contributed by atoms with Gasteiger partial charge < -0.3 is 15.4 Å². The molecule has 0 saturated carbocycles. The Hall–Kier alpha value is -1.55. The van der Waals surface area contributed by atoms with Crippen LogP contribution in [0.1, 0.15) is 35.2 Å². The Balaban J connectivity index is 2.46. The summed E-state index contributed by atoms with van der Waals surface area (Å²) in [4.78, 5) is 14.1. The van der Waals surface area contributed by atoms with E-state index in [-0.39, 0.29) is 5.97 Å². The van der Waals surface area contributed by atoms with Crippen LogP contribution >= 0.6 is 0 Å². The van der Waals surface area contributed by atoms with Crippen LogP contribution in [0.4, 0.5) is 5.69 Å². The van der Waals surface area contributed by atoms with Crippen molar-refractivity contribution in [3.63, 3.8) is 0 Å². The van der Waals surface area contributed by atoms with Crippen LogP contribution in [0.3, 0.4) is 0 Å². The van der Waals surface area contributed by atoms with E-state index in [1.54, 1.807) is 0 Å². The number of hydrogen-bond acceptors (Lipinski definition) is 4. The van der Waals surface area contributed by atoms with Gasteiger partial charge in [-0.3, -0.25) is 0 Å². The molecule has 0 aliphatic carbocycles. The van der Waals surface area contributed by atoms with E-state index in [4.69, 9.17) is 10.5 Å². The zero-order chi connectivity index (χ0) is 13.1. The summed E-state index contributed by atoms with van der Waals surface area (Å²) in [6.07, 6.45) is 1.02. The van der Waals surface area contributed by atoms with Crippen molar-refractivity contribution < 1.29 is 9.53 Å². The number of benzene rings is 1. The summed E-state index contributed by atoms with van der Waals surface area (Å²) >= 11 is 0. The Kier molecular flexibility index (Phi) is 3.87. The molecule has 1 atom stereocenters. The number of anilines is 1. The highest BCUT2D eigenvalue weighted by Crippen LogP contribution is 2.40. The molecule has 0 amide bonds. The number of carbonyl (C=O) groups is 1. The van der Waals surface area contributed by atoms with E-state index < -0.39 is 0 Å². The third-order valence-electron chi connectivity index (χ3n) is 3.57. The molecule has 1 aliphatic heterocycles. The Morgan fingerprint density at radius 3 is 2.94 bits per heavy atom. The van der Waals surface area contributed by atoms with Crippen molar-refractivity contribution in [3.8, 4) is 0 Å². The van der Waals surface area contributed by atoms with E-state index in [0.29, 0.717) is 18.0 Å². The van der Waals surface area contributed by atoms with Gasteiger partial charge in [0.25, 0.3) is 0 Å². The number of esters is 1. The number of methoxy groups -OCH3 is 1. The van der Waals surface area contributed by atoms with Crippen LogP contribution in [0, 0.1) is 0 Å². The number of nitrogens with zero attached hydrogens (tertiary/aromatic N) is 1.